The molecule has 2 aromatic carbocycles. The van der Waals surface area contributed by atoms with Crippen LogP contribution in [0.15, 0.2) is 60.9 Å². The highest BCUT2D eigenvalue weighted by molar-refractivity contribution is 5.63. The summed E-state index contributed by atoms with van der Waals surface area (Å²) in [5.41, 5.74) is 6.77. The molecule has 6 heteroatoms. The molecule has 0 bridgehead atoms. The van der Waals surface area contributed by atoms with Gasteiger partial charge in [-0.25, -0.2) is 9.97 Å². The van der Waals surface area contributed by atoms with Gasteiger partial charge in [0.2, 0.25) is 11.9 Å². The number of rotatable bonds is 5. The molecule has 6 nitrogen and oxygen atoms in total. The molecule has 0 saturated heterocycles. The number of hydrogen-bond donors (Lipinski definition) is 3. The maximum absolute atomic E-state index is 4.53. The van der Waals surface area contributed by atoms with Gasteiger partial charge in [-0.05, 0) is 61.2 Å². The van der Waals surface area contributed by atoms with Gasteiger partial charge in [0.05, 0.1) is 11.9 Å². The summed E-state index contributed by atoms with van der Waals surface area (Å²) in [6, 6.07) is 16.1. The van der Waals surface area contributed by atoms with Crippen molar-refractivity contribution < 1.29 is 0 Å². The number of anilines is 4. The lowest BCUT2D eigenvalue weighted by molar-refractivity contribution is 1.15. The predicted molar refractivity (Wildman–Crippen MR) is 113 cm³/mol. The van der Waals surface area contributed by atoms with Gasteiger partial charge in [-0.2, -0.15) is 4.98 Å². The zero-order chi connectivity index (χ0) is 19.5. The first kappa shape index (κ1) is 17.7. The second kappa shape index (κ2) is 7.52. The smallest absolute Gasteiger partial charge is 0.229 e. The van der Waals surface area contributed by atoms with E-state index in [1.54, 1.807) is 12.4 Å². The van der Waals surface area contributed by atoms with Crippen LogP contribution in [0.1, 0.15) is 16.7 Å². The van der Waals surface area contributed by atoms with Crippen LogP contribution in [0.4, 0.5) is 23.4 Å². The standard InChI is InChI=1S/C22H22N6/c1-14-11-18(12-15(2)16(14)3)25-21-23-10-9-20(27-21)28-22-24-13-19(26-22)17-7-5-4-6-8-17/h4-13H,1-3H3,(H3,23,24,25,26,27,28). The molecular formula is C22H22N6. The second-order valence-electron chi connectivity index (χ2n) is 6.76. The van der Waals surface area contributed by atoms with E-state index in [-0.39, 0.29) is 0 Å². The lowest BCUT2D eigenvalue weighted by Crippen LogP contribution is -2.02. The molecule has 0 unspecified atom stereocenters. The number of nitrogens with zero attached hydrogens (tertiary/aromatic N) is 3. The van der Waals surface area contributed by atoms with Gasteiger partial charge < -0.3 is 15.6 Å². The molecule has 3 N–H and O–H groups in total. The SMILES string of the molecule is Cc1cc(Nc2nccc(Nc3ncc(-c4ccccc4)[nH]3)n2)cc(C)c1C. The molecule has 0 fully saturated rings. The van der Waals surface area contributed by atoms with Gasteiger partial charge in [0, 0.05) is 11.9 Å². The summed E-state index contributed by atoms with van der Waals surface area (Å²) in [7, 11) is 0. The fourth-order valence-corrected chi connectivity index (χ4v) is 3.00. The lowest BCUT2D eigenvalue weighted by Gasteiger charge is -2.11. The molecule has 0 saturated carbocycles. The number of nitrogens with one attached hydrogen (secondary N) is 3. The first-order valence-electron chi connectivity index (χ1n) is 9.14. The van der Waals surface area contributed by atoms with E-state index in [0.29, 0.717) is 17.7 Å². The summed E-state index contributed by atoms with van der Waals surface area (Å²) in [6.45, 7) is 6.34. The molecule has 4 aromatic rings. The van der Waals surface area contributed by atoms with Crippen molar-refractivity contribution >= 4 is 23.4 Å². The predicted octanol–water partition coefficient (Wildman–Crippen LogP) is 5.28. The average Bonchev–Trinajstić information content (AvgIpc) is 3.15. The van der Waals surface area contributed by atoms with Gasteiger partial charge in [-0.1, -0.05) is 30.3 Å². The number of aryl methyl sites for hydroxylation is 2. The van der Waals surface area contributed by atoms with Crippen molar-refractivity contribution in [1.29, 1.82) is 0 Å². The van der Waals surface area contributed by atoms with Crippen LogP contribution in [0.3, 0.4) is 0 Å². The normalized spacial score (nSPS) is 10.7. The van der Waals surface area contributed by atoms with Crippen molar-refractivity contribution in [3.63, 3.8) is 0 Å². The Morgan fingerprint density at radius 3 is 2.36 bits per heavy atom. The highest BCUT2D eigenvalue weighted by atomic mass is 15.2. The molecule has 0 radical (unpaired) electrons. The molecule has 4 rings (SSSR count). The van der Waals surface area contributed by atoms with Crippen molar-refractivity contribution in [3.8, 4) is 11.3 Å². The minimum absolute atomic E-state index is 0.530. The monoisotopic (exact) mass is 370 g/mol. The van der Waals surface area contributed by atoms with Crippen LogP contribution in [0.2, 0.25) is 0 Å². The van der Waals surface area contributed by atoms with Gasteiger partial charge in [-0.3, -0.25) is 0 Å². The highest BCUT2D eigenvalue weighted by Crippen LogP contribution is 2.23. The van der Waals surface area contributed by atoms with Gasteiger partial charge >= 0.3 is 0 Å². The Bertz CT molecular complexity index is 1080. The van der Waals surface area contributed by atoms with Gasteiger partial charge in [0.25, 0.3) is 0 Å². The number of aromatic amines is 1. The van der Waals surface area contributed by atoms with E-state index in [0.717, 1.165) is 16.9 Å². The third kappa shape index (κ3) is 3.86. The molecule has 0 spiro atoms. The maximum atomic E-state index is 4.53. The summed E-state index contributed by atoms with van der Waals surface area (Å²) in [6.07, 6.45) is 3.52. The number of aromatic nitrogens is 4. The summed E-state index contributed by atoms with van der Waals surface area (Å²) in [5.74, 6) is 1.82. The summed E-state index contributed by atoms with van der Waals surface area (Å²) in [4.78, 5) is 16.5. The molecule has 28 heavy (non-hydrogen) atoms. The quantitative estimate of drug-likeness (QED) is 0.445. The van der Waals surface area contributed by atoms with E-state index in [2.05, 4.69) is 63.5 Å². The Kier molecular flexibility index (Phi) is 4.76. The summed E-state index contributed by atoms with van der Waals surface area (Å²) in [5, 5.41) is 6.47. The molecule has 2 aromatic heterocycles. The molecular weight excluding hydrogens is 348 g/mol. The Labute approximate surface area is 164 Å². The first-order chi connectivity index (χ1) is 13.6. The van der Waals surface area contributed by atoms with Crippen LogP contribution in [0.25, 0.3) is 11.3 Å². The van der Waals surface area contributed by atoms with Crippen molar-refractivity contribution in [2.75, 3.05) is 10.6 Å². The summed E-state index contributed by atoms with van der Waals surface area (Å²) >= 11 is 0. The average molecular weight is 370 g/mol. The van der Waals surface area contributed by atoms with Crippen molar-refractivity contribution in [2.45, 2.75) is 20.8 Å². The van der Waals surface area contributed by atoms with Crippen LogP contribution in [0, 0.1) is 20.8 Å². The van der Waals surface area contributed by atoms with Crippen LogP contribution < -0.4 is 10.6 Å². The molecule has 140 valence electrons. The van der Waals surface area contributed by atoms with E-state index in [4.69, 9.17) is 0 Å². The van der Waals surface area contributed by atoms with E-state index in [1.165, 1.54) is 16.7 Å². The molecule has 0 aliphatic carbocycles. The third-order valence-corrected chi connectivity index (χ3v) is 4.75. The highest BCUT2D eigenvalue weighted by Gasteiger charge is 2.06. The summed E-state index contributed by atoms with van der Waals surface area (Å²) < 4.78 is 0. The number of hydrogen-bond acceptors (Lipinski definition) is 5. The second-order valence-corrected chi connectivity index (χ2v) is 6.76. The topological polar surface area (TPSA) is 78.5 Å². The fourth-order valence-electron chi connectivity index (χ4n) is 3.00. The van der Waals surface area contributed by atoms with E-state index in [9.17, 15) is 0 Å². The van der Waals surface area contributed by atoms with Gasteiger partial charge in [-0.15, -0.1) is 0 Å². The largest absolute Gasteiger partial charge is 0.324 e. The Morgan fingerprint density at radius 2 is 1.61 bits per heavy atom. The number of H-pyrrole nitrogens is 1. The van der Waals surface area contributed by atoms with Crippen LogP contribution >= 0.6 is 0 Å². The molecule has 0 aliphatic rings. The maximum Gasteiger partial charge on any atom is 0.229 e. The molecule has 2 heterocycles. The van der Waals surface area contributed by atoms with Gasteiger partial charge in [0.15, 0.2) is 0 Å². The Morgan fingerprint density at radius 1 is 0.857 bits per heavy atom. The lowest BCUT2D eigenvalue weighted by atomic mass is 10.0. The zero-order valence-electron chi connectivity index (χ0n) is 16.1. The molecule has 0 atom stereocenters. The third-order valence-electron chi connectivity index (χ3n) is 4.75. The molecule has 0 aliphatic heterocycles. The first-order valence-corrected chi connectivity index (χ1v) is 9.14. The molecule has 0 amide bonds. The minimum atomic E-state index is 0.530. The van der Waals surface area contributed by atoms with E-state index < -0.39 is 0 Å². The van der Waals surface area contributed by atoms with E-state index in [1.807, 2.05) is 36.4 Å². The fraction of sp³-hybridized carbons (Fsp3) is 0.136. The zero-order valence-corrected chi connectivity index (χ0v) is 16.1. The number of benzene rings is 2. The van der Waals surface area contributed by atoms with Crippen molar-refractivity contribution in [3.05, 3.63) is 77.6 Å². The van der Waals surface area contributed by atoms with Crippen LogP contribution in [0.5, 0.6) is 0 Å². The Hall–Kier alpha value is -3.67. The minimum Gasteiger partial charge on any atom is -0.324 e. The van der Waals surface area contributed by atoms with E-state index >= 15 is 0 Å². The van der Waals surface area contributed by atoms with Gasteiger partial charge in [0.1, 0.15) is 5.82 Å². The van der Waals surface area contributed by atoms with Crippen LogP contribution in [-0.4, -0.2) is 19.9 Å². The van der Waals surface area contributed by atoms with Crippen molar-refractivity contribution in [2.24, 2.45) is 0 Å². The number of imidazole rings is 1. The van der Waals surface area contributed by atoms with Crippen LogP contribution in [-0.2, 0) is 0 Å². The van der Waals surface area contributed by atoms with Crippen molar-refractivity contribution in [1.82, 2.24) is 19.9 Å². The Balaban J connectivity index is 1.51.